The molecule has 0 radical (unpaired) electrons. The summed E-state index contributed by atoms with van der Waals surface area (Å²) in [5, 5.41) is 15.7. The van der Waals surface area contributed by atoms with Crippen molar-refractivity contribution in [3.05, 3.63) is 93.7 Å². The number of alkyl halides is 1. The van der Waals surface area contributed by atoms with Gasteiger partial charge in [-0.25, -0.2) is 19.2 Å². The number of carbonyl (C=O) groups excluding carboxylic acids is 4. The number of aromatic nitrogens is 2. The van der Waals surface area contributed by atoms with E-state index in [0.29, 0.717) is 41.5 Å². The van der Waals surface area contributed by atoms with E-state index in [0.717, 1.165) is 40.6 Å². The molecule has 374 valence electrons. The van der Waals surface area contributed by atoms with Crippen molar-refractivity contribution < 1.29 is 37.8 Å². The summed E-state index contributed by atoms with van der Waals surface area (Å²) < 4.78 is 32.8. The summed E-state index contributed by atoms with van der Waals surface area (Å²) in [4.78, 5) is 69.8. The Balaban J connectivity index is 0.831. The van der Waals surface area contributed by atoms with Crippen LogP contribution < -0.4 is 20.3 Å². The van der Waals surface area contributed by atoms with Crippen molar-refractivity contribution in [1.29, 1.82) is 5.26 Å². The molecule has 2 aromatic carbocycles. The van der Waals surface area contributed by atoms with E-state index in [9.17, 15) is 28.8 Å². The Morgan fingerprint density at radius 1 is 1.00 bits per heavy atom. The van der Waals surface area contributed by atoms with Crippen molar-refractivity contribution in [3.63, 3.8) is 0 Å². The number of amides is 3. The fraction of sp³-hybridized carbons (Fsp3) is 0.519. The highest BCUT2D eigenvalue weighted by atomic mass is 35.5. The van der Waals surface area contributed by atoms with Gasteiger partial charge in [0.15, 0.2) is 6.10 Å². The van der Waals surface area contributed by atoms with Crippen LogP contribution in [0.4, 0.5) is 10.2 Å². The first kappa shape index (κ1) is 52.2. The number of hydrogen-bond donors (Lipinski definition) is 2. The lowest BCUT2D eigenvalue weighted by Crippen LogP contribution is -2.74. The van der Waals surface area contributed by atoms with E-state index in [2.05, 4.69) is 64.2 Å². The largest absolute Gasteiger partial charge is 0.489 e. The number of esters is 1. The zero-order valence-electron chi connectivity index (χ0n) is 41.4. The third kappa shape index (κ3) is 11.6. The topological polar surface area (TPSA) is 179 Å². The van der Waals surface area contributed by atoms with Crippen LogP contribution in [0.5, 0.6) is 5.75 Å². The number of hydrogen-bond acceptors (Lipinski definition) is 13. The summed E-state index contributed by atoms with van der Waals surface area (Å²) >= 11 is 7.81. The maximum atomic E-state index is 15.0. The zero-order chi connectivity index (χ0) is 50.7. The van der Waals surface area contributed by atoms with Gasteiger partial charge in [-0.3, -0.25) is 19.3 Å². The van der Waals surface area contributed by atoms with E-state index in [-0.39, 0.29) is 44.2 Å². The number of carbonyl (C=O) groups is 4. The molecule has 4 heterocycles. The van der Waals surface area contributed by atoms with Gasteiger partial charge >= 0.3 is 5.97 Å². The predicted octanol–water partition coefficient (Wildman–Crippen LogP) is 7.56. The highest BCUT2D eigenvalue weighted by molar-refractivity contribution is 7.13. The lowest BCUT2D eigenvalue weighted by Gasteiger charge is -2.63. The molecule has 15 nitrogen and oxygen atoms in total. The molecule has 0 bridgehead atoms. The maximum absolute atomic E-state index is 15.0. The summed E-state index contributed by atoms with van der Waals surface area (Å²) in [5.74, 6) is -0.725. The number of halogens is 2. The minimum atomic E-state index is -1.41. The first-order valence-corrected chi connectivity index (χ1v) is 25.0. The number of likely N-dealkylation sites (tertiary alicyclic amines) is 1. The van der Waals surface area contributed by atoms with Gasteiger partial charge in [-0.15, -0.1) is 11.3 Å². The van der Waals surface area contributed by atoms with Crippen molar-refractivity contribution in [3.8, 4) is 22.3 Å². The van der Waals surface area contributed by atoms with Crippen LogP contribution in [-0.4, -0.2) is 126 Å². The maximum Gasteiger partial charge on any atom is 0.332 e. The Bertz CT molecular complexity index is 2560. The molecule has 70 heavy (non-hydrogen) atoms. The molecule has 0 unspecified atom stereocenters. The highest BCUT2D eigenvalue weighted by Crippen LogP contribution is 2.55. The molecule has 3 aliphatic rings. The molecule has 1 saturated carbocycles. The minimum absolute atomic E-state index is 0.158. The molecule has 1 aliphatic carbocycles. The first-order valence-electron chi connectivity index (χ1n) is 23.7. The Labute approximate surface area is 419 Å². The van der Waals surface area contributed by atoms with Crippen LogP contribution in [0, 0.1) is 34.5 Å². The van der Waals surface area contributed by atoms with E-state index in [1.54, 1.807) is 68.1 Å². The molecule has 18 heteroatoms. The van der Waals surface area contributed by atoms with E-state index in [1.165, 1.54) is 4.90 Å². The number of benzene rings is 2. The van der Waals surface area contributed by atoms with Crippen LogP contribution in [0.2, 0.25) is 5.02 Å². The van der Waals surface area contributed by atoms with Gasteiger partial charge in [-0.05, 0) is 49.2 Å². The Kier molecular flexibility index (Phi) is 15.9. The van der Waals surface area contributed by atoms with Crippen LogP contribution in [0.1, 0.15) is 95.0 Å². The second-order valence-corrected chi connectivity index (χ2v) is 22.0. The van der Waals surface area contributed by atoms with Gasteiger partial charge in [-0.1, -0.05) is 84.3 Å². The summed E-state index contributed by atoms with van der Waals surface area (Å²) in [6, 6.07) is 16.9. The summed E-state index contributed by atoms with van der Waals surface area (Å²) in [6.45, 7) is 20.3. The standard InChI is InChI=1S/C52H64ClFN8O7S/c1-31(33-10-12-34(13-11-33)43-32(2)57-30-70-43)58-46(65)40-24-37(54)28-62(40)47(66)44(50(3,4)5)69-42(63)29-67-23-22-60-18-20-61(21-19-60)41-17-15-36(27-56-41)45(64)59-48-51(6,7)49(52(48,8)9)68-38-16-14-35(26-55)39(53)25-38/h10-17,25,27,30-31,37,40,44,48-49H,18-24,28-29H2,1-9H3,(H,58,65)(H,59,64)/t31-,37+,40-,44+,48-,49-/m0/s1. The minimum Gasteiger partial charge on any atom is -0.489 e. The van der Waals surface area contributed by atoms with Crippen molar-refractivity contribution in [2.75, 3.05) is 57.4 Å². The van der Waals surface area contributed by atoms with Crippen LogP contribution in [0.3, 0.4) is 0 Å². The monoisotopic (exact) mass is 998 g/mol. The van der Waals surface area contributed by atoms with Crippen molar-refractivity contribution in [1.82, 2.24) is 30.4 Å². The lowest BCUT2D eigenvalue weighted by molar-refractivity contribution is -0.172. The molecule has 4 atom stereocenters. The van der Waals surface area contributed by atoms with Gasteiger partial charge in [0.2, 0.25) is 5.91 Å². The number of ether oxygens (including phenoxy) is 3. The third-order valence-electron chi connectivity index (χ3n) is 13.8. The number of anilines is 1. The Hall–Kier alpha value is -5.67. The third-order valence-corrected chi connectivity index (χ3v) is 15.1. The van der Waals surface area contributed by atoms with Crippen molar-refractivity contribution in [2.24, 2.45) is 16.2 Å². The van der Waals surface area contributed by atoms with Crippen LogP contribution >= 0.6 is 22.9 Å². The van der Waals surface area contributed by atoms with Crippen molar-refractivity contribution in [2.45, 2.75) is 105 Å². The van der Waals surface area contributed by atoms with E-state index < -0.39 is 58.4 Å². The fourth-order valence-electron chi connectivity index (χ4n) is 10.2. The molecular weight excluding hydrogens is 935 g/mol. The summed E-state index contributed by atoms with van der Waals surface area (Å²) in [7, 11) is 0. The molecule has 2 saturated heterocycles. The first-order chi connectivity index (χ1) is 33.1. The average Bonchev–Trinajstić information content (AvgIpc) is 3.95. The van der Waals surface area contributed by atoms with Gasteiger partial charge in [0.25, 0.3) is 11.8 Å². The van der Waals surface area contributed by atoms with Gasteiger partial charge in [0.1, 0.15) is 42.6 Å². The Morgan fingerprint density at radius 2 is 1.70 bits per heavy atom. The highest BCUT2D eigenvalue weighted by Gasteiger charge is 2.64. The molecular formula is C52H64ClFN8O7S. The predicted molar refractivity (Wildman–Crippen MR) is 266 cm³/mol. The smallest absolute Gasteiger partial charge is 0.332 e. The molecule has 2 N–H and O–H groups in total. The number of pyridine rings is 1. The molecule has 0 spiro atoms. The number of thiazole rings is 1. The fourth-order valence-corrected chi connectivity index (χ4v) is 11.2. The summed E-state index contributed by atoms with van der Waals surface area (Å²) in [6.07, 6.45) is -1.47. The second-order valence-electron chi connectivity index (χ2n) is 20.8. The SMILES string of the molecule is Cc1ncsc1-c1ccc([C@H](C)NC(=O)[C@@H]2C[C@@H](F)CN2C(=O)[C@@H](OC(=O)COCCN2CCN(c3ccc(C(=O)N[C@H]4C(C)(C)[C@H](Oc5ccc(C#N)c(Cl)c5)C4(C)C)cn3)CC2)C(C)(C)C)cc1. The van der Waals surface area contributed by atoms with E-state index in [1.807, 2.05) is 44.2 Å². The Morgan fingerprint density at radius 3 is 2.30 bits per heavy atom. The van der Waals surface area contributed by atoms with Gasteiger partial charge in [-0.2, -0.15) is 5.26 Å². The molecule has 3 amide bonds. The van der Waals surface area contributed by atoms with Crippen LogP contribution in [0.25, 0.3) is 10.4 Å². The number of aryl methyl sites for hydroxylation is 1. The van der Waals surface area contributed by atoms with Crippen molar-refractivity contribution >= 4 is 52.4 Å². The molecule has 3 fully saturated rings. The number of nitrogens with one attached hydrogen (secondary N) is 2. The number of piperazine rings is 1. The van der Waals surface area contributed by atoms with Gasteiger partial charge in [0, 0.05) is 73.7 Å². The van der Waals surface area contributed by atoms with Gasteiger partial charge in [0.05, 0.1) is 51.4 Å². The van der Waals surface area contributed by atoms with Gasteiger partial charge < -0.3 is 34.6 Å². The molecule has 7 rings (SSSR count). The van der Waals surface area contributed by atoms with Crippen LogP contribution in [0.15, 0.2) is 66.3 Å². The van der Waals surface area contributed by atoms with Crippen LogP contribution in [-0.2, 0) is 23.9 Å². The molecule has 2 aromatic heterocycles. The zero-order valence-corrected chi connectivity index (χ0v) is 43.0. The molecule has 2 aliphatic heterocycles. The second kappa shape index (κ2) is 21.4. The summed E-state index contributed by atoms with van der Waals surface area (Å²) in [5.41, 5.74) is 3.79. The number of nitriles is 1. The van der Waals surface area contributed by atoms with E-state index >= 15 is 0 Å². The average molecular weight is 1000 g/mol. The van der Waals surface area contributed by atoms with E-state index in [4.69, 9.17) is 25.8 Å². The number of rotatable bonds is 16. The molecule has 4 aromatic rings. The quantitative estimate of drug-likeness (QED) is 0.0833. The number of nitrogens with zero attached hydrogens (tertiary/aromatic N) is 6. The normalized spacial score (nSPS) is 21.7. The lowest BCUT2D eigenvalue weighted by atomic mass is 9.49.